The molecule has 2 heterocycles. The minimum Gasteiger partial charge on any atom is -0.359 e. The van der Waals surface area contributed by atoms with Gasteiger partial charge < -0.3 is 15.5 Å². The van der Waals surface area contributed by atoms with E-state index in [4.69, 9.17) is 0 Å². The molecule has 0 saturated carbocycles. The first-order valence-electron chi connectivity index (χ1n) is 7.43. The third kappa shape index (κ3) is 3.95. The van der Waals surface area contributed by atoms with Gasteiger partial charge >= 0.3 is 0 Å². The Bertz CT molecular complexity index is 264. The first kappa shape index (κ1) is 13.8. The van der Waals surface area contributed by atoms with Gasteiger partial charge in [-0.3, -0.25) is 4.79 Å². The van der Waals surface area contributed by atoms with Gasteiger partial charge in [0.25, 0.3) is 0 Å². The first-order chi connectivity index (χ1) is 8.79. The molecular formula is C14H27N3O. The highest BCUT2D eigenvalue weighted by atomic mass is 16.1. The quantitative estimate of drug-likeness (QED) is 0.780. The van der Waals surface area contributed by atoms with Gasteiger partial charge in [0.15, 0.2) is 0 Å². The second-order valence-corrected chi connectivity index (χ2v) is 5.71. The molecule has 1 amide bonds. The maximum absolute atomic E-state index is 11.3. The second-order valence-electron chi connectivity index (χ2n) is 5.71. The monoisotopic (exact) mass is 253 g/mol. The van der Waals surface area contributed by atoms with Crippen LogP contribution in [0.25, 0.3) is 0 Å². The molecule has 0 aromatic heterocycles. The van der Waals surface area contributed by atoms with Crippen molar-refractivity contribution in [2.45, 2.75) is 32.1 Å². The third-order valence-electron chi connectivity index (χ3n) is 4.53. The molecule has 104 valence electrons. The summed E-state index contributed by atoms with van der Waals surface area (Å²) in [5, 5.41) is 6.15. The number of carbonyl (C=O) groups excluding carboxylic acids is 1. The first-order valence-corrected chi connectivity index (χ1v) is 7.43. The van der Waals surface area contributed by atoms with Crippen LogP contribution in [0, 0.1) is 11.8 Å². The van der Waals surface area contributed by atoms with Gasteiger partial charge in [-0.1, -0.05) is 0 Å². The van der Waals surface area contributed by atoms with Crippen molar-refractivity contribution in [1.82, 2.24) is 15.5 Å². The zero-order valence-electron chi connectivity index (χ0n) is 11.6. The van der Waals surface area contributed by atoms with Gasteiger partial charge in [-0.2, -0.15) is 0 Å². The molecule has 4 heteroatoms. The predicted octanol–water partition coefficient (Wildman–Crippen LogP) is 0.834. The molecule has 0 aliphatic carbocycles. The molecule has 1 atom stereocenters. The highest BCUT2D eigenvalue weighted by Crippen LogP contribution is 2.29. The van der Waals surface area contributed by atoms with E-state index in [0.717, 1.165) is 18.4 Å². The van der Waals surface area contributed by atoms with Gasteiger partial charge in [0.2, 0.25) is 5.91 Å². The number of rotatable bonds is 4. The summed E-state index contributed by atoms with van der Waals surface area (Å²) in [6.07, 6.45) is 6.03. The smallest absolute Gasteiger partial charge is 0.221 e. The molecule has 0 radical (unpaired) electrons. The summed E-state index contributed by atoms with van der Waals surface area (Å²) in [4.78, 5) is 13.8. The molecule has 0 unspecified atom stereocenters. The predicted molar refractivity (Wildman–Crippen MR) is 73.4 cm³/mol. The highest BCUT2D eigenvalue weighted by Gasteiger charge is 2.28. The molecule has 2 N–H and O–H groups in total. The zero-order valence-corrected chi connectivity index (χ0v) is 11.6. The average Bonchev–Trinajstić information content (AvgIpc) is 2.46. The molecule has 2 aliphatic heterocycles. The summed E-state index contributed by atoms with van der Waals surface area (Å²) in [5.74, 6) is 1.94. The fraction of sp³-hybridized carbons (Fsp3) is 0.929. The number of nitrogens with one attached hydrogen (secondary N) is 2. The number of likely N-dealkylation sites (tertiary alicyclic amines) is 1. The van der Waals surface area contributed by atoms with Crippen molar-refractivity contribution in [3.05, 3.63) is 0 Å². The third-order valence-corrected chi connectivity index (χ3v) is 4.53. The molecule has 0 aromatic carbocycles. The Morgan fingerprint density at radius 2 is 2.06 bits per heavy atom. The molecule has 4 nitrogen and oxygen atoms in total. The minimum atomic E-state index is 0.166. The van der Waals surface area contributed by atoms with E-state index in [0.29, 0.717) is 6.42 Å². The Kier molecular flexibility index (Phi) is 5.45. The van der Waals surface area contributed by atoms with Gasteiger partial charge in [-0.05, 0) is 57.2 Å². The van der Waals surface area contributed by atoms with E-state index in [1.807, 2.05) is 0 Å². The maximum Gasteiger partial charge on any atom is 0.221 e. The van der Waals surface area contributed by atoms with Crippen molar-refractivity contribution in [3.8, 4) is 0 Å². The minimum absolute atomic E-state index is 0.166. The molecule has 2 aliphatic rings. The largest absolute Gasteiger partial charge is 0.359 e. The van der Waals surface area contributed by atoms with E-state index >= 15 is 0 Å². The van der Waals surface area contributed by atoms with Crippen LogP contribution in [0.3, 0.4) is 0 Å². The average molecular weight is 253 g/mol. The van der Waals surface area contributed by atoms with Gasteiger partial charge in [-0.15, -0.1) is 0 Å². The summed E-state index contributed by atoms with van der Waals surface area (Å²) < 4.78 is 0. The van der Waals surface area contributed by atoms with E-state index in [1.165, 1.54) is 51.9 Å². The maximum atomic E-state index is 11.3. The van der Waals surface area contributed by atoms with Gasteiger partial charge in [0.05, 0.1) is 0 Å². The van der Waals surface area contributed by atoms with Crippen LogP contribution in [-0.4, -0.2) is 50.6 Å². The summed E-state index contributed by atoms with van der Waals surface area (Å²) in [7, 11) is 1.72. The standard InChI is InChI=1S/C14H27N3O/c1-15-14(18)6-10-17-9-2-3-13(11-17)12-4-7-16-8-5-12/h12-13,16H,2-11H2,1H3,(H,15,18)/t13-/m0/s1. The molecule has 0 bridgehead atoms. The van der Waals surface area contributed by atoms with Gasteiger partial charge in [0, 0.05) is 26.6 Å². The Labute approximate surface area is 110 Å². The molecule has 0 aromatic rings. The van der Waals surface area contributed by atoms with E-state index in [9.17, 15) is 4.79 Å². The number of hydrogen-bond acceptors (Lipinski definition) is 3. The van der Waals surface area contributed by atoms with Crippen molar-refractivity contribution in [3.63, 3.8) is 0 Å². The van der Waals surface area contributed by atoms with Crippen molar-refractivity contribution in [2.24, 2.45) is 11.8 Å². The Balaban J connectivity index is 1.75. The SMILES string of the molecule is CNC(=O)CCN1CCC[C@H](C2CCNCC2)C1. The molecule has 0 spiro atoms. The van der Waals surface area contributed by atoms with Crippen LogP contribution in [-0.2, 0) is 4.79 Å². The summed E-state index contributed by atoms with van der Waals surface area (Å²) in [6, 6.07) is 0. The van der Waals surface area contributed by atoms with Crippen LogP contribution < -0.4 is 10.6 Å². The lowest BCUT2D eigenvalue weighted by atomic mass is 9.80. The lowest BCUT2D eigenvalue weighted by Crippen LogP contribution is -2.42. The molecule has 2 saturated heterocycles. The normalized spacial score (nSPS) is 27.1. The summed E-state index contributed by atoms with van der Waals surface area (Å²) in [5.41, 5.74) is 0. The van der Waals surface area contributed by atoms with Crippen molar-refractivity contribution in [1.29, 1.82) is 0 Å². The van der Waals surface area contributed by atoms with Gasteiger partial charge in [-0.25, -0.2) is 0 Å². The Hall–Kier alpha value is -0.610. The molecule has 18 heavy (non-hydrogen) atoms. The Morgan fingerprint density at radius 3 is 2.78 bits per heavy atom. The molecule has 2 rings (SSSR count). The van der Waals surface area contributed by atoms with Crippen LogP contribution in [0.2, 0.25) is 0 Å². The lowest BCUT2D eigenvalue weighted by molar-refractivity contribution is -0.121. The van der Waals surface area contributed by atoms with Crippen LogP contribution in [0.15, 0.2) is 0 Å². The molecule has 2 fully saturated rings. The van der Waals surface area contributed by atoms with Crippen molar-refractivity contribution >= 4 is 5.91 Å². The van der Waals surface area contributed by atoms with Crippen molar-refractivity contribution in [2.75, 3.05) is 39.8 Å². The van der Waals surface area contributed by atoms with Gasteiger partial charge in [0.1, 0.15) is 0 Å². The number of piperidine rings is 2. The van der Waals surface area contributed by atoms with E-state index < -0.39 is 0 Å². The fourth-order valence-corrected chi connectivity index (χ4v) is 3.38. The number of amides is 1. The summed E-state index contributed by atoms with van der Waals surface area (Å²) >= 11 is 0. The van der Waals surface area contributed by atoms with Crippen LogP contribution in [0.5, 0.6) is 0 Å². The Morgan fingerprint density at radius 1 is 1.28 bits per heavy atom. The van der Waals surface area contributed by atoms with E-state index in [-0.39, 0.29) is 5.91 Å². The lowest BCUT2D eigenvalue weighted by Gasteiger charge is -2.38. The number of nitrogens with zero attached hydrogens (tertiary/aromatic N) is 1. The highest BCUT2D eigenvalue weighted by molar-refractivity contribution is 5.75. The molecular weight excluding hydrogens is 226 g/mol. The zero-order chi connectivity index (χ0) is 12.8. The topological polar surface area (TPSA) is 44.4 Å². The number of carbonyl (C=O) groups is 1. The summed E-state index contributed by atoms with van der Waals surface area (Å²) in [6.45, 7) is 5.71. The van der Waals surface area contributed by atoms with Crippen LogP contribution in [0.1, 0.15) is 32.1 Å². The van der Waals surface area contributed by atoms with E-state index in [2.05, 4.69) is 15.5 Å². The fourth-order valence-electron chi connectivity index (χ4n) is 3.38. The van der Waals surface area contributed by atoms with E-state index in [1.54, 1.807) is 7.05 Å². The second kappa shape index (κ2) is 7.10. The number of hydrogen-bond donors (Lipinski definition) is 2. The van der Waals surface area contributed by atoms with Crippen LogP contribution >= 0.6 is 0 Å². The van der Waals surface area contributed by atoms with Crippen molar-refractivity contribution < 1.29 is 4.79 Å². The van der Waals surface area contributed by atoms with Crippen LogP contribution in [0.4, 0.5) is 0 Å².